The van der Waals surface area contributed by atoms with Crippen LogP contribution in [-0.2, 0) is 4.74 Å². The molecule has 1 fully saturated rings. The molecule has 1 N–H and O–H groups in total. The fourth-order valence-electron chi connectivity index (χ4n) is 2.81. The van der Waals surface area contributed by atoms with Crippen LogP contribution in [0.4, 0.5) is 11.8 Å². The topological polar surface area (TPSA) is 61.7 Å². The number of aliphatic hydroxyl groups excluding tert-OH is 1. The molecular weight excluding hydrogens is 268 g/mol. The molecule has 0 bridgehead atoms. The Morgan fingerprint density at radius 2 is 1.95 bits per heavy atom. The van der Waals surface area contributed by atoms with Crippen LogP contribution >= 0.6 is 0 Å². The van der Waals surface area contributed by atoms with Crippen LogP contribution in [0.1, 0.15) is 18.4 Å². The minimum Gasteiger partial charge on any atom is -0.396 e. The second-order valence-corrected chi connectivity index (χ2v) is 6.20. The Morgan fingerprint density at radius 1 is 1.29 bits per heavy atom. The second-order valence-electron chi connectivity index (χ2n) is 6.20. The Balaban J connectivity index is 2.15. The third-order valence-electron chi connectivity index (χ3n) is 4.16. The highest BCUT2D eigenvalue weighted by atomic mass is 16.5. The molecule has 0 amide bonds. The number of aryl methyl sites for hydroxylation is 1. The number of aliphatic hydroxyl groups is 1. The van der Waals surface area contributed by atoms with Crippen LogP contribution in [0.15, 0.2) is 6.20 Å². The van der Waals surface area contributed by atoms with Gasteiger partial charge >= 0.3 is 0 Å². The number of rotatable bonds is 5. The lowest BCUT2D eigenvalue weighted by atomic mass is 9.80. The summed E-state index contributed by atoms with van der Waals surface area (Å²) in [6, 6.07) is 0. The molecule has 0 aliphatic carbocycles. The average Bonchev–Trinajstić information content (AvgIpc) is 2.48. The molecule has 2 heterocycles. The summed E-state index contributed by atoms with van der Waals surface area (Å²) in [6.45, 7) is 4.35. The zero-order valence-corrected chi connectivity index (χ0v) is 13.5. The van der Waals surface area contributed by atoms with Gasteiger partial charge < -0.3 is 19.6 Å². The molecule has 0 atom stereocenters. The Hall–Kier alpha value is -1.40. The van der Waals surface area contributed by atoms with Crippen LogP contribution < -0.4 is 9.80 Å². The zero-order chi connectivity index (χ0) is 15.5. The van der Waals surface area contributed by atoms with Gasteiger partial charge in [0.2, 0.25) is 5.95 Å². The molecule has 0 spiro atoms. The first-order valence-corrected chi connectivity index (χ1v) is 7.38. The normalized spacial score (nSPS) is 17.6. The highest BCUT2D eigenvalue weighted by Gasteiger charge is 2.33. The lowest BCUT2D eigenvalue weighted by molar-refractivity contribution is -0.0114. The van der Waals surface area contributed by atoms with E-state index in [-0.39, 0.29) is 12.0 Å². The van der Waals surface area contributed by atoms with Crippen LogP contribution in [0.2, 0.25) is 0 Å². The molecule has 1 aromatic heterocycles. The maximum absolute atomic E-state index is 9.79. The number of aromatic nitrogens is 2. The highest BCUT2D eigenvalue weighted by molar-refractivity contribution is 5.48. The number of nitrogens with zero attached hydrogens (tertiary/aromatic N) is 4. The lowest BCUT2D eigenvalue weighted by Gasteiger charge is -2.38. The van der Waals surface area contributed by atoms with Gasteiger partial charge in [0.1, 0.15) is 5.82 Å². The molecule has 0 radical (unpaired) electrons. The molecule has 0 saturated carbocycles. The first-order chi connectivity index (χ1) is 9.97. The van der Waals surface area contributed by atoms with Crippen molar-refractivity contribution in [1.82, 2.24) is 9.97 Å². The van der Waals surface area contributed by atoms with E-state index in [9.17, 15) is 5.11 Å². The third-order valence-corrected chi connectivity index (χ3v) is 4.16. The van der Waals surface area contributed by atoms with Crippen molar-refractivity contribution in [2.24, 2.45) is 5.41 Å². The van der Waals surface area contributed by atoms with E-state index in [1.165, 1.54) is 0 Å². The van der Waals surface area contributed by atoms with Crippen molar-refractivity contribution >= 4 is 11.8 Å². The van der Waals surface area contributed by atoms with E-state index in [0.717, 1.165) is 30.8 Å². The molecule has 0 unspecified atom stereocenters. The summed E-state index contributed by atoms with van der Waals surface area (Å²) in [4.78, 5) is 13.1. The zero-order valence-electron chi connectivity index (χ0n) is 13.5. The van der Waals surface area contributed by atoms with Crippen molar-refractivity contribution in [3.63, 3.8) is 0 Å². The SMILES string of the molecule is Cc1cnc(N(C)CC2(CO)CCOCC2)nc1N(C)C. The van der Waals surface area contributed by atoms with Crippen molar-refractivity contribution in [2.75, 3.05) is 57.3 Å². The van der Waals surface area contributed by atoms with Gasteiger partial charge in [-0.3, -0.25) is 0 Å². The average molecular weight is 294 g/mol. The van der Waals surface area contributed by atoms with Gasteiger partial charge in [-0.2, -0.15) is 4.98 Å². The van der Waals surface area contributed by atoms with Gasteiger partial charge in [0.15, 0.2) is 0 Å². The smallest absolute Gasteiger partial charge is 0.227 e. The molecule has 1 aromatic rings. The van der Waals surface area contributed by atoms with E-state index in [1.807, 2.05) is 44.1 Å². The first-order valence-electron chi connectivity index (χ1n) is 7.38. The minimum absolute atomic E-state index is 0.112. The fraction of sp³-hybridized carbons (Fsp3) is 0.733. The minimum atomic E-state index is -0.112. The molecule has 21 heavy (non-hydrogen) atoms. The van der Waals surface area contributed by atoms with Crippen LogP contribution in [0, 0.1) is 12.3 Å². The Kier molecular flexibility index (Phi) is 5.00. The number of ether oxygens (including phenoxy) is 1. The van der Waals surface area contributed by atoms with Crippen molar-refractivity contribution in [2.45, 2.75) is 19.8 Å². The Bertz CT molecular complexity index is 473. The number of hydrogen-bond acceptors (Lipinski definition) is 6. The van der Waals surface area contributed by atoms with E-state index in [4.69, 9.17) is 4.74 Å². The van der Waals surface area contributed by atoms with Crippen molar-refractivity contribution in [3.8, 4) is 0 Å². The van der Waals surface area contributed by atoms with E-state index in [0.29, 0.717) is 19.2 Å². The maximum atomic E-state index is 9.79. The van der Waals surface area contributed by atoms with E-state index >= 15 is 0 Å². The molecule has 1 saturated heterocycles. The molecule has 1 aliphatic heterocycles. The van der Waals surface area contributed by atoms with Gasteiger partial charge in [-0.1, -0.05) is 0 Å². The highest BCUT2D eigenvalue weighted by Crippen LogP contribution is 2.31. The van der Waals surface area contributed by atoms with Crippen LogP contribution in [0.3, 0.4) is 0 Å². The van der Waals surface area contributed by atoms with Crippen LogP contribution in [0.5, 0.6) is 0 Å². The van der Waals surface area contributed by atoms with Gasteiger partial charge in [-0.05, 0) is 19.8 Å². The van der Waals surface area contributed by atoms with Gasteiger partial charge in [0, 0.05) is 58.1 Å². The van der Waals surface area contributed by atoms with E-state index in [2.05, 4.69) is 9.97 Å². The fourth-order valence-corrected chi connectivity index (χ4v) is 2.81. The quantitative estimate of drug-likeness (QED) is 0.877. The van der Waals surface area contributed by atoms with Gasteiger partial charge in [0.25, 0.3) is 0 Å². The predicted octanol–water partition coefficient (Wildman–Crippen LogP) is 1.08. The summed E-state index contributed by atoms with van der Waals surface area (Å²) in [7, 11) is 5.94. The monoisotopic (exact) mass is 294 g/mol. The van der Waals surface area contributed by atoms with Gasteiger partial charge in [-0.15, -0.1) is 0 Å². The van der Waals surface area contributed by atoms with Gasteiger partial charge in [-0.25, -0.2) is 4.98 Å². The molecular formula is C15H26N4O2. The Labute approximate surface area is 126 Å². The molecule has 6 nitrogen and oxygen atoms in total. The summed E-state index contributed by atoms with van der Waals surface area (Å²) in [5, 5.41) is 9.79. The maximum Gasteiger partial charge on any atom is 0.227 e. The number of anilines is 2. The molecule has 2 rings (SSSR count). The van der Waals surface area contributed by atoms with Crippen LogP contribution in [-0.4, -0.2) is 62.6 Å². The van der Waals surface area contributed by atoms with E-state index < -0.39 is 0 Å². The summed E-state index contributed by atoms with van der Waals surface area (Å²) in [5.41, 5.74) is 0.944. The largest absolute Gasteiger partial charge is 0.396 e. The number of hydrogen-bond donors (Lipinski definition) is 1. The summed E-state index contributed by atoms with van der Waals surface area (Å²) in [5.74, 6) is 1.63. The molecule has 0 aromatic carbocycles. The van der Waals surface area contributed by atoms with Crippen molar-refractivity contribution in [3.05, 3.63) is 11.8 Å². The molecule has 6 heteroatoms. The molecule has 118 valence electrons. The predicted molar refractivity (Wildman–Crippen MR) is 83.9 cm³/mol. The third kappa shape index (κ3) is 3.63. The summed E-state index contributed by atoms with van der Waals surface area (Å²) < 4.78 is 5.41. The Morgan fingerprint density at radius 3 is 2.52 bits per heavy atom. The summed E-state index contributed by atoms with van der Waals surface area (Å²) in [6.07, 6.45) is 3.60. The summed E-state index contributed by atoms with van der Waals surface area (Å²) >= 11 is 0. The molecule has 1 aliphatic rings. The lowest BCUT2D eigenvalue weighted by Crippen LogP contribution is -2.43. The van der Waals surface area contributed by atoms with Crippen molar-refractivity contribution in [1.29, 1.82) is 0 Å². The standard InChI is InChI=1S/C15H26N4O2/c1-12-9-16-14(17-13(12)18(2)3)19(4)10-15(11-20)5-7-21-8-6-15/h9,20H,5-8,10-11H2,1-4H3. The van der Waals surface area contributed by atoms with Gasteiger partial charge in [0.05, 0.1) is 6.61 Å². The first kappa shape index (κ1) is 16.0. The second kappa shape index (κ2) is 6.58. The van der Waals surface area contributed by atoms with Crippen molar-refractivity contribution < 1.29 is 9.84 Å². The van der Waals surface area contributed by atoms with Crippen LogP contribution in [0.25, 0.3) is 0 Å². The van der Waals surface area contributed by atoms with E-state index in [1.54, 1.807) is 0 Å².